The predicted molar refractivity (Wildman–Crippen MR) is 64.0 cm³/mol. The summed E-state index contributed by atoms with van der Waals surface area (Å²) in [5, 5.41) is 0. The fraction of sp³-hybridized carbons (Fsp3) is 0.231. The Morgan fingerprint density at radius 3 is 3.11 bits per heavy atom. The first-order chi connectivity index (χ1) is 8.69. The van der Waals surface area contributed by atoms with E-state index in [1.807, 2.05) is 29.7 Å². The van der Waals surface area contributed by atoms with Gasteiger partial charge in [-0.1, -0.05) is 6.07 Å². The molecule has 0 radical (unpaired) electrons. The zero-order valence-corrected chi connectivity index (χ0v) is 10.1. The third kappa shape index (κ3) is 1.55. The molecule has 1 aliphatic rings. The minimum Gasteiger partial charge on any atom is -0.483 e. The molecule has 0 spiro atoms. The molecule has 0 unspecified atom stereocenters. The van der Waals surface area contributed by atoms with Crippen LogP contribution >= 0.6 is 0 Å². The van der Waals surface area contributed by atoms with Gasteiger partial charge in [0, 0.05) is 6.20 Å². The van der Waals surface area contributed by atoms with E-state index < -0.39 is 5.97 Å². The number of esters is 1. The van der Waals surface area contributed by atoms with Gasteiger partial charge >= 0.3 is 5.97 Å². The Labute approximate surface area is 104 Å². The van der Waals surface area contributed by atoms with Gasteiger partial charge in [-0.15, -0.1) is 0 Å². The zero-order valence-electron chi connectivity index (χ0n) is 10.1. The van der Waals surface area contributed by atoms with Crippen LogP contribution in [0.25, 0.3) is 5.69 Å². The molecule has 0 fully saturated rings. The van der Waals surface area contributed by atoms with Gasteiger partial charge in [0.1, 0.15) is 12.4 Å². The van der Waals surface area contributed by atoms with Crippen molar-refractivity contribution in [2.75, 3.05) is 7.11 Å². The van der Waals surface area contributed by atoms with Crippen molar-refractivity contribution >= 4 is 5.97 Å². The van der Waals surface area contributed by atoms with Gasteiger partial charge in [-0.2, -0.15) is 0 Å². The second kappa shape index (κ2) is 3.87. The highest BCUT2D eigenvalue weighted by Crippen LogP contribution is 2.30. The molecule has 18 heavy (non-hydrogen) atoms. The van der Waals surface area contributed by atoms with Gasteiger partial charge in [-0.25, -0.2) is 9.78 Å². The van der Waals surface area contributed by atoms with Crippen LogP contribution in [0, 0.1) is 6.92 Å². The fourth-order valence-corrected chi connectivity index (χ4v) is 2.01. The maximum absolute atomic E-state index is 11.5. The molecular weight excluding hydrogens is 232 g/mol. The van der Waals surface area contributed by atoms with Crippen LogP contribution in [0.2, 0.25) is 0 Å². The number of hydrogen-bond acceptors (Lipinski definition) is 4. The van der Waals surface area contributed by atoms with E-state index in [0.29, 0.717) is 18.1 Å². The normalized spacial score (nSPS) is 12.3. The fourth-order valence-electron chi connectivity index (χ4n) is 2.01. The van der Waals surface area contributed by atoms with Gasteiger partial charge in [-0.05, 0) is 24.6 Å². The number of carbonyl (C=O) groups is 1. The summed E-state index contributed by atoms with van der Waals surface area (Å²) in [5.41, 5.74) is 2.32. The van der Waals surface area contributed by atoms with Gasteiger partial charge in [0.15, 0.2) is 11.5 Å². The number of methoxy groups -OCH3 is 1. The average Bonchev–Trinajstić information content (AvgIpc) is 2.82. The van der Waals surface area contributed by atoms with Crippen molar-refractivity contribution in [2.45, 2.75) is 13.5 Å². The van der Waals surface area contributed by atoms with Crippen molar-refractivity contribution in [3.8, 4) is 11.4 Å². The van der Waals surface area contributed by atoms with Crippen LogP contribution in [0.3, 0.4) is 0 Å². The molecule has 3 rings (SSSR count). The van der Waals surface area contributed by atoms with Gasteiger partial charge in [-0.3, -0.25) is 4.57 Å². The largest absolute Gasteiger partial charge is 0.483 e. The molecule has 1 aromatic heterocycles. The summed E-state index contributed by atoms with van der Waals surface area (Å²) < 4.78 is 12.1. The van der Waals surface area contributed by atoms with E-state index >= 15 is 0 Å². The number of ether oxygens (including phenoxy) is 2. The Morgan fingerprint density at radius 1 is 1.50 bits per heavy atom. The first kappa shape index (κ1) is 10.8. The maximum Gasteiger partial charge on any atom is 0.358 e. The van der Waals surface area contributed by atoms with Crippen LogP contribution < -0.4 is 4.74 Å². The van der Waals surface area contributed by atoms with Crippen LogP contribution in [0.4, 0.5) is 0 Å². The van der Waals surface area contributed by atoms with E-state index in [1.165, 1.54) is 7.11 Å². The van der Waals surface area contributed by atoms with Crippen molar-refractivity contribution in [2.24, 2.45) is 0 Å². The highest BCUT2D eigenvalue weighted by atomic mass is 16.5. The molecule has 2 heterocycles. The number of nitrogens with zero attached hydrogens (tertiary/aromatic N) is 2. The van der Waals surface area contributed by atoms with Crippen molar-refractivity contribution in [3.63, 3.8) is 0 Å². The SMILES string of the molecule is COC(=O)c1cn2c(n1)COc1ccc(C)cc1-2. The molecule has 1 aliphatic heterocycles. The molecule has 5 nitrogen and oxygen atoms in total. The summed E-state index contributed by atoms with van der Waals surface area (Å²) in [6.07, 6.45) is 1.68. The van der Waals surface area contributed by atoms with Gasteiger partial charge < -0.3 is 9.47 Å². The van der Waals surface area contributed by atoms with Crippen molar-refractivity contribution in [1.29, 1.82) is 0 Å². The number of aryl methyl sites for hydroxylation is 1. The second-order valence-corrected chi connectivity index (χ2v) is 4.16. The lowest BCUT2D eigenvalue weighted by molar-refractivity contribution is 0.0594. The number of hydrogen-bond donors (Lipinski definition) is 0. The minimum atomic E-state index is -0.439. The Bertz CT molecular complexity index is 631. The van der Waals surface area contributed by atoms with Gasteiger partial charge in [0.05, 0.1) is 12.8 Å². The number of rotatable bonds is 1. The number of benzene rings is 1. The molecule has 0 N–H and O–H groups in total. The van der Waals surface area contributed by atoms with Crippen LogP contribution in [-0.2, 0) is 11.3 Å². The number of imidazole rings is 1. The van der Waals surface area contributed by atoms with Gasteiger partial charge in [0.25, 0.3) is 0 Å². The molecule has 0 atom stereocenters. The third-order valence-corrected chi connectivity index (χ3v) is 2.90. The summed E-state index contributed by atoms with van der Waals surface area (Å²) in [6, 6.07) is 5.91. The lowest BCUT2D eigenvalue weighted by Crippen LogP contribution is -2.12. The van der Waals surface area contributed by atoms with Gasteiger partial charge in [0.2, 0.25) is 0 Å². The second-order valence-electron chi connectivity index (χ2n) is 4.16. The summed E-state index contributed by atoms with van der Waals surface area (Å²) >= 11 is 0. The first-order valence-electron chi connectivity index (χ1n) is 5.59. The number of carbonyl (C=O) groups excluding carboxylic acids is 1. The molecule has 0 saturated heterocycles. The Hall–Kier alpha value is -2.30. The molecule has 5 heteroatoms. The summed E-state index contributed by atoms with van der Waals surface area (Å²) in [5.74, 6) is 1.06. The smallest absolute Gasteiger partial charge is 0.358 e. The quantitative estimate of drug-likeness (QED) is 0.718. The van der Waals surface area contributed by atoms with Crippen molar-refractivity contribution in [3.05, 3.63) is 41.5 Å². The highest BCUT2D eigenvalue weighted by molar-refractivity contribution is 5.87. The number of aromatic nitrogens is 2. The predicted octanol–water partition coefficient (Wildman–Crippen LogP) is 1.86. The standard InChI is InChI=1S/C13H12N2O3/c1-8-3-4-11-10(5-8)15-6-9(13(16)17-2)14-12(15)7-18-11/h3-6H,7H2,1-2H3. The minimum absolute atomic E-state index is 0.297. The Balaban J connectivity index is 2.14. The number of fused-ring (bicyclic) bond motifs is 3. The zero-order chi connectivity index (χ0) is 12.7. The lowest BCUT2D eigenvalue weighted by atomic mass is 10.2. The van der Waals surface area contributed by atoms with Crippen LogP contribution in [0.15, 0.2) is 24.4 Å². The molecule has 2 aromatic rings. The molecular formula is C13H12N2O3. The van der Waals surface area contributed by atoms with Crippen LogP contribution in [-0.4, -0.2) is 22.6 Å². The van der Waals surface area contributed by atoms with E-state index in [4.69, 9.17) is 4.74 Å². The highest BCUT2D eigenvalue weighted by Gasteiger charge is 2.21. The van der Waals surface area contributed by atoms with Crippen molar-refractivity contribution < 1.29 is 14.3 Å². The lowest BCUT2D eigenvalue weighted by Gasteiger charge is -2.19. The third-order valence-electron chi connectivity index (χ3n) is 2.90. The van der Waals surface area contributed by atoms with E-state index in [1.54, 1.807) is 6.20 Å². The average molecular weight is 244 g/mol. The van der Waals surface area contributed by atoms with Crippen molar-refractivity contribution in [1.82, 2.24) is 9.55 Å². The Kier molecular flexibility index (Phi) is 2.33. The topological polar surface area (TPSA) is 53.4 Å². The summed E-state index contributed by atoms with van der Waals surface area (Å²) in [4.78, 5) is 15.7. The first-order valence-corrected chi connectivity index (χ1v) is 5.59. The molecule has 1 aromatic carbocycles. The molecule has 0 bridgehead atoms. The monoisotopic (exact) mass is 244 g/mol. The molecule has 0 saturated carbocycles. The van der Waals surface area contributed by atoms with Crippen LogP contribution in [0.5, 0.6) is 5.75 Å². The molecule has 0 amide bonds. The molecule has 92 valence electrons. The summed E-state index contributed by atoms with van der Waals surface area (Å²) in [6.45, 7) is 2.36. The van der Waals surface area contributed by atoms with E-state index in [-0.39, 0.29) is 0 Å². The van der Waals surface area contributed by atoms with E-state index in [9.17, 15) is 4.79 Å². The summed E-state index contributed by atoms with van der Waals surface area (Å²) in [7, 11) is 1.34. The maximum atomic E-state index is 11.5. The van der Waals surface area contributed by atoms with Crippen LogP contribution in [0.1, 0.15) is 21.9 Å². The Morgan fingerprint density at radius 2 is 2.33 bits per heavy atom. The molecule has 0 aliphatic carbocycles. The van der Waals surface area contributed by atoms with E-state index in [2.05, 4.69) is 9.72 Å². The van der Waals surface area contributed by atoms with E-state index in [0.717, 1.165) is 17.0 Å².